The quantitative estimate of drug-likeness (QED) is 0.453. The number of amides is 3. The summed E-state index contributed by atoms with van der Waals surface area (Å²) in [6.07, 6.45) is 5.33. The number of nitrogens with two attached hydrogens (primary N) is 1. The van der Waals surface area contributed by atoms with Gasteiger partial charge in [-0.3, -0.25) is 10.1 Å². The van der Waals surface area contributed by atoms with Gasteiger partial charge >= 0.3 is 6.03 Å². The van der Waals surface area contributed by atoms with E-state index in [1.54, 1.807) is 0 Å². The van der Waals surface area contributed by atoms with Crippen LogP contribution >= 0.6 is 11.8 Å². The second kappa shape index (κ2) is 10.3. The van der Waals surface area contributed by atoms with Crippen LogP contribution in [0.5, 0.6) is 5.75 Å². The van der Waals surface area contributed by atoms with Gasteiger partial charge in [0, 0.05) is 6.04 Å². The highest BCUT2D eigenvalue weighted by Crippen LogP contribution is 2.21. The number of thioether (sulfide) groups is 1. The molecule has 0 spiro atoms. The number of hydrogen-bond acceptors (Lipinski definition) is 7. The molecule has 2 aromatic rings. The van der Waals surface area contributed by atoms with Gasteiger partial charge in [0.2, 0.25) is 11.1 Å². The molecule has 4 N–H and O–H groups in total. The highest BCUT2D eigenvalue weighted by atomic mass is 32.2. The maximum absolute atomic E-state index is 12.0. The van der Waals surface area contributed by atoms with Gasteiger partial charge in [-0.1, -0.05) is 48.7 Å². The Labute approximate surface area is 180 Å². The number of hydrogen-bond donors (Lipinski definition) is 3. The first-order chi connectivity index (χ1) is 14.4. The Hall–Kier alpha value is -2.75. The molecule has 0 aliphatic heterocycles. The van der Waals surface area contributed by atoms with Gasteiger partial charge in [0.1, 0.15) is 12.4 Å². The molecule has 9 nitrogen and oxygen atoms in total. The van der Waals surface area contributed by atoms with Crippen molar-refractivity contribution < 1.29 is 14.3 Å². The van der Waals surface area contributed by atoms with E-state index in [2.05, 4.69) is 20.8 Å². The Balaban J connectivity index is 1.45. The molecule has 1 fully saturated rings. The topological polar surface area (TPSA) is 124 Å². The molecule has 30 heavy (non-hydrogen) atoms. The van der Waals surface area contributed by atoms with Gasteiger partial charge < -0.3 is 15.9 Å². The Morgan fingerprint density at radius 3 is 2.73 bits per heavy atom. The molecule has 0 unspecified atom stereocenters. The van der Waals surface area contributed by atoms with Crippen molar-refractivity contribution in [3.05, 3.63) is 35.2 Å². The monoisotopic (exact) mass is 432 g/mol. The van der Waals surface area contributed by atoms with Crippen LogP contribution in [0.2, 0.25) is 0 Å². The average Bonchev–Trinajstić information content (AvgIpc) is 3.06. The fourth-order valence-electron chi connectivity index (χ4n) is 3.37. The van der Waals surface area contributed by atoms with Crippen molar-refractivity contribution in [3.8, 4) is 5.75 Å². The Morgan fingerprint density at radius 1 is 1.23 bits per heavy atom. The fraction of sp³-hybridized carbons (Fsp3) is 0.500. The zero-order chi connectivity index (χ0) is 21.5. The number of nitrogens with one attached hydrogen (secondary N) is 2. The van der Waals surface area contributed by atoms with Gasteiger partial charge in [-0.15, -0.1) is 10.2 Å². The number of ether oxygens (including phenoxy) is 1. The Kier molecular flexibility index (Phi) is 7.56. The Bertz CT molecular complexity index is 895. The largest absolute Gasteiger partial charge is 0.485 e. The number of imide groups is 1. The minimum Gasteiger partial charge on any atom is -0.485 e. The number of nitrogen functional groups attached to an aromatic ring is 1. The minimum atomic E-state index is -0.454. The number of nitrogens with zero attached hydrogens (tertiary/aromatic N) is 3. The van der Waals surface area contributed by atoms with Crippen molar-refractivity contribution in [2.45, 2.75) is 63.8 Å². The van der Waals surface area contributed by atoms with Crippen molar-refractivity contribution in [1.82, 2.24) is 25.5 Å². The number of aryl methyl sites for hydroxylation is 2. The predicted molar refractivity (Wildman–Crippen MR) is 115 cm³/mol. The van der Waals surface area contributed by atoms with Gasteiger partial charge in [-0.25, -0.2) is 9.47 Å². The molecule has 1 heterocycles. The van der Waals surface area contributed by atoms with Crippen LogP contribution in [0.4, 0.5) is 4.79 Å². The molecule has 3 amide bonds. The van der Waals surface area contributed by atoms with Crippen LogP contribution in [-0.2, 0) is 11.4 Å². The van der Waals surface area contributed by atoms with E-state index in [0.29, 0.717) is 11.0 Å². The van der Waals surface area contributed by atoms with Crippen LogP contribution in [0.3, 0.4) is 0 Å². The van der Waals surface area contributed by atoms with Gasteiger partial charge in [0.15, 0.2) is 5.82 Å². The first kappa shape index (κ1) is 21.9. The van der Waals surface area contributed by atoms with Crippen molar-refractivity contribution in [2.24, 2.45) is 0 Å². The molecule has 0 radical (unpaired) electrons. The fourth-order valence-corrected chi connectivity index (χ4v) is 4.04. The van der Waals surface area contributed by atoms with Crippen LogP contribution in [0.15, 0.2) is 23.4 Å². The first-order valence-electron chi connectivity index (χ1n) is 10.0. The highest BCUT2D eigenvalue weighted by molar-refractivity contribution is 7.99. The zero-order valence-electron chi connectivity index (χ0n) is 17.3. The SMILES string of the molecule is Cc1ccc(OCc2nnc(SCC(=O)NC(=O)NC3CCCCC3)n2N)c(C)c1. The lowest BCUT2D eigenvalue weighted by Gasteiger charge is -2.22. The molecular weight excluding hydrogens is 404 g/mol. The molecule has 1 aliphatic carbocycles. The molecule has 1 saturated carbocycles. The first-order valence-corrected chi connectivity index (χ1v) is 11.0. The second-order valence-electron chi connectivity index (χ2n) is 7.47. The number of carbonyl (C=O) groups is 2. The predicted octanol–water partition coefficient (Wildman–Crippen LogP) is 2.44. The minimum absolute atomic E-state index is 0.00530. The number of benzene rings is 1. The van der Waals surface area contributed by atoms with Crippen LogP contribution in [0.1, 0.15) is 49.1 Å². The van der Waals surface area contributed by atoms with Crippen LogP contribution in [0.25, 0.3) is 0 Å². The summed E-state index contributed by atoms with van der Waals surface area (Å²) in [5, 5.41) is 13.6. The number of rotatable bonds is 7. The van der Waals surface area contributed by atoms with Crippen molar-refractivity contribution in [2.75, 3.05) is 11.6 Å². The third-order valence-electron chi connectivity index (χ3n) is 4.95. The summed E-state index contributed by atoms with van der Waals surface area (Å²) in [6.45, 7) is 4.15. The summed E-state index contributed by atoms with van der Waals surface area (Å²) in [6, 6.07) is 5.60. The average molecular weight is 433 g/mol. The zero-order valence-corrected chi connectivity index (χ0v) is 18.1. The summed E-state index contributed by atoms with van der Waals surface area (Å²) in [5.74, 6) is 6.80. The molecule has 162 valence electrons. The van der Waals surface area contributed by atoms with E-state index in [1.165, 1.54) is 11.1 Å². The lowest BCUT2D eigenvalue weighted by Crippen LogP contribution is -2.45. The third-order valence-corrected chi connectivity index (χ3v) is 5.89. The smallest absolute Gasteiger partial charge is 0.321 e. The summed E-state index contributed by atoms with van der Waals surface area (Å²) in [7, 11) is 0. The molecule has 1 aromatic carbocycles. The van der Waals surface area contributed by atoms with E-state index >= 15 is 0 Å². The maximum atomic E-state index is 12.0. The van der Waals surface area contributed by atoms with Crippen LogP contribution in [-0.4, -0.2) is 38.6 Å². The van der Waals surface area contributed by atoms with Crippen LogP contribution < -0.4 is 21.2 Å². The van der Waals surface area contributed by atoms with E-state index in [0.717, 1.165) is 54.3 Å². The van der Waals surface area contributed by atoms with E-state index in [1.807, 2.05) is 32.0 Å². The molecule has 0 atom stereocenters. The van der Waals surface area contributed by atoms with Crippen LogP contribution in [0, 0.1) is 13.8 Å². The van der Waals surface area contributed by atoms with Gasteiger partial charge in [-0.2, -0.15) is 0 Å². The molecular formula is C20H28N6O3S. The normalized spacial score (nSPS) is 14.3. The van der Waals surface area contributed by atoms with E-state index in [4.69, 9.17) is 10.6 Å². The summed E-state index contributed by atoms with van der Waals surface area (Å²) in [4.78, 5) is 24.0. The van der Waals surface area contributed by atoms with Gasteiger partial charge in [-0.05, 0) is 38.3 Å². The molecule has 3 rings (SSSR count). The van der Waals surface area contributed by atoms with Crippen molar-refractivity contribution in [3.63, 3.8) is 0 Å². The molecule has 0 saturated heterocycles. The second-order valence-corrected chi connectivity index (χ2v) is 8.41. The van der Waals surface area contributed by atoms with Crippen molar-refractivity contribution >= 4 is 23.7 Å². The molecule has 0 bridgehead atoms. The van der Waals surface area contributed by atoms with E-state index < -0.39 is 11.9 Å². The summed E-state index contributed by atoms with van der Waals surface area (Å²) in [5.41, 5.74) is 2.18. The maximum Gasteiger partial charge on any atom is 0.321 e. The van der Waals surface area contributed by atoms with Gasteiger partial charge in [0.05, 0.1) is 5.75 Å². The third kappa shape index (κ3) is 6.12. The lowest BCUT2D eigenvalue weighted by molar-refractivity contribution is -0.117. The van der Waals surface area contributed by atoms with E-state index in [9.17, 15) is 9.59 Å². The summed E-state index contributed by atoms with van der Waals surface area (Å²) >= 11 is 1.11. The van der Waals surface area contributed by atoms with E-state index in [-0.39, 0.29) is 18.4 Å². The van der Waals surface area contributed by atoms with Gasteiger partial charge in [0.25, 0.3) is 0 Å². The van der Waals surface area contributed by atoms with Crippen molar-refractivity contribution in [1.29, 1.82) is 0 Å². The standard InChI is InChI=1S/C20H28N6O3S/c1-13-8-9-16(14(2)10-13)29-11-17-24-25-20(26(17)21)30-12-18(27)23-19(28)22-15-6-4-3-5-7-15/h8-10,15H,3-7,11-12,21H2,1-2H3,(H2,22,23,27,28). The lowest BCUT2D eigenvalue weighted by atomic mass is 9.96. The summed E-state index contributed by atoms with van der Waals surface area (Å²) < 4.78 is 7.07. The Morgan fingerprint density at radius 2 is 2.00 bits per heavy atom. The molecule has 10 heteroatoms. The number of urea groups is 1. The highest BCUT2D eigenvalue weighted by Gasteiger charge is 2.18. The number of carbonyl (C=O) groups excluding carboxylic acids is 2. The number of aromatic nitrogens is 3. The molecule has 1 aromatic heterocycles. The molecule has 1 aliphatic rings.